The Kier molecular flexibility index (Phi) is 5.19. The van der Waals surface area contributed by atoms with Crippen LogP contribution in [0.1, 0.15) is 34.9 Å². The van der Waals surface area contributed by atoms with Gasteiger partial charge < -0.3 is 9.64 Å². The van der Waals surface area contributed by atoms with Crippen LogP contribution in [0.5, 0.6) is 5.75 Å². The van der Waals surface area contributed by atoms with Crippen LogP contribution in [0.15, 0.2) is 83.7 Å². The minimum atomic E-state index is -0.242. The highest BCUT2D eigenvalue weighted by Gasteiger charge is 2.33. The van der Waals surface area contributed by atoms with Gasteiger partial charge in [-0.1, -0.05) is 48.5 Å². The molecule has 1 atom stereocenters. The molecule has 0 spiro atoms. The van der Waals surface area contributed by atoms with Gasteiger partial charge in [0, 0.05) is 11.9 Å². The second-order valence-corrected chi connectivity index (χ2v) is 7.88. The number of carbonyl (C=O) groups excluding carboxylic acids is 1. The third-order valence-electron chi connectivity index (χ3n) is 6.00. The lowest BCUT2D eigenvalue weighted by Gasteiger charge is -2.25. The summed E-state index contributed by atoms with van der Waals surface area (Å²) < 4.78 is 6.70. The molecule has 1 unspecified atom stereocenters. The first-order chi connectivity index (χ1) is 15.7. The van der Waals surface area contributed by atoms with Crippen LogP contribution in [-0.4, -0.2) is 34.2 Å². The van der Waals surface area contributed by atoms with Crippen LogP contribution in [0.25, 0.3) is 16.5 Å². The van der Waals surface area contributed by atoms with Gasteiger partial charge in [-0.25, -0.2) is 0 Å². The molecule has 0 saturated carbocycles. The van der Waals surface area contributed by atoms with Crippen molar-refractivity contribution in [1.82, 2.24) is 14.7 Å². The molecule has 1 aliphatic heterocycles. The number of likely N-dealkylation sites (tertiary alicyclic amines) is 1. The van der Waals surface area contributed by atoms with E-state index in [1.54, 1.807) is 19.2 Å². The van der Waals surface area contributed by atoms with Crippen LogP contribution in [0.4, 0.5) is 0 Å². The molecule has 4 aromatic rings. The van der Waals surface area contributed by atoms with E-state index >= 15 is 0 Å². The van der Waals surface area contributed by atoms with Crippen LogP contribution in [0, 0.1) is 0 Å². The number of methoxy groups -OCH3 is 1. The van der Waals surface area contributed by atoms with Gasteiger partial charge in [-0.15, -0.1) is 0 Å². The minimum Gasteiger partial charge on any atom is -0.497 e. The molecule has 0 N–H and O–H groups in total. The van der Waals surface area contributed by atoms with Crippen molar-refractivity contribution in [3.8, 4) is 11.4 Å². The van der Waals surface area contributed by atoms with Crippen LogP contribution < -0.4 is 10.3 Å². The number of nitrogens with zero attached hydrogens (tertiary/aromatic N) is 3. The molecule has 1 saturated heterocycles. The summed E-state index contributed by atoms with van der Waals surface area (Å²) in [5, 5.41) is 5.62. The number of aromatic nitrogens is 2. The topological polar surface area (TPSA) is 64.4 Å². The number of fused-ring (bicyclic) bond motifs is 1. The number of ether oxygens (including phenoxy) is 1. The average molecular weight is 425 g/mol. The fourth-order valence-corrected chi connectivity index (χ4v) is 4.43. The Labute approximate surface area is 185 Å². The van der Waals surface area contributed by atoms with Crippen molar-refractivity contribution in [2.24, 2.45) is 0 Å². The lowest BCUT2D eigenvalue weighted by molar-refractivity contribution is 0.0729. The molecule has 3 aromatic carbocycles. The smallest absolute Gasteiger partial charge is 0.279 e. The van der Waals surface area contributed by atoms with E-state index in [-0.39, 0.29) is 17.5 Å². The van der Waals surface area contributed by atoms with Gasteiger partial charge in [0.25, 0.3) is 11.5 Å². The lowest BCUT2D eigenvalue weighted by Crippen LogP contribution is -2.34. The summed E-state index contributed by atoms with van der Waals surface area (Å²) in [4.78, 5) is 28.8. The summed E-state index contributed by atoms with van der Waals surface area (Å²) in [5.41, 5.74) is 1.71. The maximum atomic E-state index is 13.8. The largest absolute Gasteiger partial charge is 0.497 e. The Hall–Kier alpha value is -3.93. The van der Waals surface area contributed by atoms with Crippen molar-refractivity contribution in [3.63, 3.8) is 0 Å². The van der Waals surface area contributed by atoms with Gasteiger partial charge in [-0.3, -0.25) is 9.59 Å². The molecule has 5 rings (SSSR count). The number of hydrogen-bond acceptors (Lipinski definition) is 4. The summed E-state index contributed by atoms with van der Waals surface area (Å²) in [6.07, 6.45) is 1.78. The highest BCUT2D eigenvalue weighted by atomic mass is 16.5. The molecule has 1 aliphatic rings. The molecule has 2 heterocycles. The van der Waals surface area contributed by atoms with Gasteiger partial charge in [0.15, 0.2) is 5.69 Å². The molecule has 1 amide bonds. The zero-order valence-corrected chi connectivity index (χ0v) is 17.8. The van der Waals surface area contributed by atoms with E-state index in [4.69, 9.17) is 4.74 Å². The average Bonchev–Trinajstić information content (AvgIpc) is 3.35. The molecule has 32 heavy (non-hydrogen) atoms. The molecule has 6 nitrogen and oxygen atoms in total. The van der Waals surface area contributed by atoms with Crippen molar-refractivity contribution in [1.29, 1.82) is 0 Å². The highest BCUT2D eigenvalue weighted by molar-refractivity contribution is 6.05. The van der Waals surface area contributed by atoms with E-state index in [9.17, 15) is 9.59 Å². The van der Waals surface area contributed by atoms with Gasteiger partial charge >= 0.3 is 0 Å². The number of rotatable bonds is 4. The minimum absolute atomic E-state index is 0.0599. The molecule has 0 radical (unpaired) electrons. The van der Waals surface area contributed by atoms with Crippen molar-refractivity contribution >= 4 is 16.7 Å². The predicted octanol–water partition coefficient (Wildman–Crippen LogP) is 4.37. The lowest BCUT2D eigenvalue weighted by atomic mass is 10.0. The van der Waals surface area contributed by atoms with Crippen molar-refractivity contribution in [2.75, 3.05) is 13.7 Å². The number of hydrogen-bond donors (Lipinski definition) is 0. The Morgan fingerprint density at radius 1 is 0.969 bits per heavy atom. The summed E-state index contributed by atoms with van der Waals surface area (Å²) in [6, 6.07) is 24.2. The Morgan fingerprint density at radius 3 is 2.50 bits per heavy atom. The Morgan fingerprint density at radius 2 is 1.72 bits per heavy atom. The van der Waals surface area contributed by atoms with Crippen LogP contribution in [0.3, 0.4) is 0 Å². The van der Waals surface area contributed by atoms with E-state index in [2.05, 4.69) is 5.10 Å². The second-order valence-electron chi connectivity index (χ2n) is 7.88. The highest BCUT2D eigenvalue weighted by Crippen LogP contribution is 2.35. The number of benzene rings is 3. The van der Waals surface area contributed by atoms with Crippen molar-refractivity contribution in [2.45, 2.75) is 18.9 Å². The van der Waals surface area contributed by atoms with E-state index in [0.29, 0.717) is 28.7 Å². The van der Waals surface area contributed by atoms with Crippen LogP contribution in [-0.2, 0) is 0 Å². The van der Waals surface area contributed by atoms with E-state index < -0.39 is 0 Å². The summed E-state index contributed by atoms with van der Waals surface area (Å²) in [5.74, 6) is 0.596. The van der Waals surface area contributed by atoms with E-state index in [1.807, 2.05) is 71.6 Å². The molecule has 1 aromatic heterocycles. The normalized spacial score (nSPS) is 15.8. The van der Waals surface area contributed by atoms with Gasteiger partial charge in [0.1, 0.15) is 5.75 Å². The Balaban J connectivity index is 1.63. The zero-order valence-electron chi connectivity index (χ0n) is 17.8. The molecule has 160 valence electrons. The van der Waals surface area contributed by atoms with Gasteiger partial charge in [-0.2, -0.15) is 9.78 Å². The van der Waals surface area contributed by atoms with Crippen molar-refractivity contribution in [3.05, 3.63) is 100 Å². The van der Waals surface area contributed by atoms with Gasteiger partial charge in [-0.05, 0) is 48.7 Å². The molecule has 0 bridgehead atoms. The molecule has 1 fully saturated rings. The SMILES string of the molecule is COc1cccc(C2CCCN2C(=O)c2nn(-c3ccccc3)c(=O)c3ccccc23)c1. The summed E-state index contributed by atoms with van der Waals surface area (Å²) in [6.45, 7) is 0.640. The van der Waals surface area contributed by atoms with Crippen LogP contribution in [0.2, 0.25) is 0 Å². The summed E-state index contributed by atoms with van der Waals surface area (Å²) in [7, 11) is 1.64. The molecular formula is C26H23N3O3. The first-order valence-electron chi connectivity index (χ1n) is 10.7. The molecule has 6 heteroatoms. The zero-order chi connectivity index (χ0) is 22.1. The van der Waals surface area contributed by atoms with Crippen LogP contribution >= 0.6 is 0 Å². The number of para-hydroxylation sites is 1. The third kappa shape index (κ3) is 3.43. The first-order valence-corrected chi connectivity index (χ1v) is 10.7. The third-order valence-corrected chi connectivity index (χ3v) is 6.00. The number of amides is 1. The maximum Gasteiger partial charge on any atom is 0.279 e. The van der Waals surface area contributed by atoms with Gasteiger partial charge in [0.2, 0.25) is 0 Å². The van der Waals surface area contributed by atoms with E-state index in [0.717, 1.165) is 24.2 Å². The molecular weight excluding hydrogens is 402 g/mol. The monoisotopic (exact) mass is 425 g/mol. The Bertz CT molecular complexity index is 1350. The predicted molar refractivity (Wildman–Crippen MR) is 123 cm³/mol. The quantitative estimate of drug-likeness (QED) is 0.487. The maximum absolute atomic E-state index is 13.8. The van der Waals surface area contributed by atoms with Gasteiger partial charge in [0.05, 0.1) is 24.2 Å². The number of carbonyl (C=O) groups is 1. The second kappa shape index (κ2) is 8.30. The van der Waals surface area contributed by atoms with Crippen molar-refractivity contribution < 1.29 is 9.53 Å². The van der Waals surface area contributed by atoms with E-state index in [1.165, 1.54) is 4.68 Å². The summed E-state index contributed by atoms with van der Waals surface area (Å²) >= 11 is 0. The molecule has 0 aliphatic carbocycles. The first kappa shape index (κ1) is 20.0. The standard InChI is InChI=1S/C26H23N3O3/c1-32-20-12-7-9-18(17-20)23-15-8-16-28(23)26(31)24-21-13-5-6-14-22(21)25(30)29(27-24)19-10-3-2-4-11-19/h2-7,9-14,17,23H,8,15-16H2,1H3. The fraction of sp³-hybridized carbons (Fsp3) is 0.192. The fourth-order valence-electron chi connectivity index (χ4n) is 4.43.